The van der Waals surface area contributed by atoms with Crippen LogP contribution in [0.2, 0.25) is 0 Å². The highest BCUT2D eigenvalue weighted by Crippen LogP contribution is 2.18. The Hall–Kier alpha value is -2.63. The van der Waals surface area contributed by atoms with E-state index in [2.05, 4.69) is 15.0 Å². The number of amides is 1. The van der Waals surface area contributed by atoms with Crippen LogP contribution in [0.25, 0.3) is 10.9 Å². The lowest BCUT2D eigenvalue weighted by atomic mass is 10.0. The number of fused-ring (bicyclic) bond motifs is 1. The maximum Gasteiger partial charge on any atom is 0.396 e. The second-order valence-corrected chi connectivity index (χ2v) is 5.00. The number of aromatic amines is 1. The first-order valence-corrected chi connectivity index (χ1v) is 7.01. The van der Waals surface area contributed by atoms with E-state index >= 15 is 0 Å². The average molecular weight is 302 g/mol. The number of aryl methyl sites for hydroxylation is 2. The zero-order valence-electron chi connectivity index (χ0n) is 12.8. The van der Waals surface area contributed by atoms with Crippen LogP contribution < -0.4 is 10.9 Å². The number of carbonyl (C=O) groups is 2. The summed E-state index contributed by atoms with van der Waals surface area (Å²) in [7, 11) is 0. The van der Waals surface area contributed by atoms with Crippen LogP contribution in [0.1, 0.15) is 23.6 Å². The van der Waals surface area contributed by atoms with Crippen molar-refractivity contribution in [3.05, 3.63) is 45.2 Å². The second kappa shape index (κ2) is 6.43. The van der Waals surface area contributed by atoms with E-state index in [0.29, 0.717) is 5.56 Å². The van der Waals surface area contributed by atoms with Gasteiger partial charge >= 0.3 is 11.9 Å². The van der Waals surface area contributed by atoms with Gasteiger partial charge in [0.1, 0.15) is 0 Å². The van der Waals surface area contributed by atoms with Gasteiger partial charge in [0.15, 0.2) is 0 Å². The van der Waals surface area contributed by atoms with Gasteiger partial charge in [0.2, 0.25) is 0 Å². The van der Waals surface area contributed by atoms with Crippen LogP contribution in [0.3, 0.4) is 0 Å². The Morgan fingerprint density at radius 1 is 1.27 bits per heavy atom. The molecule has 0 atom stereocenters. The lowest BCUT2D eigenvalue weighted by molar-refractivity contribution is -0.154. The third-order valence-electron chi connectivity index (χ3n) is 3.53. The summed E-state index contributed by atoms with van der Waals surface area (Å²) in [6, 6.07) is 5.59. The van der Waals surface area contributed by atoms with E-state index in [1.165, 1.54) is 0 Å². The SMILES string of the molecule is CCOC(=O)C(=O)NCc1cc2ccc(C)c(C)c2[nH]c1=O. The van der Waals surface area contributed by atoms with Gasteiger partial charge in [-0.25, -0.2) is 4.79 Å². The van der Waals surface area contributed by atoms with Crippen molar-refractivity contribution in [1.29, 1.82) is 0 Å². The number of aromatic nitrogens is 1. The zero-order valence-corrected chi connectivity index (χ0v) is 12.8. The van der Waals surface area contributed by atoms with E-state index in [-0.39, 0.29) is 18.7 Å². The summed E-state index contributed by atoms with van der Waals surface area (Å²) in [5.41, 5.74) is 2.98. The highest BCUT2D eigenvalue weighted by atomic mass is 16.5. The van der Waals surface area contributed by atoms with Crippen molar-refractivity contribution < 1.29 is 14.3 Å². The largest absolute Gasteiger partial charge is 0.459 e. The number of rotatable bonds is 3. The molecular weight excluding hydrogens is 284 g/mol. The molecule has 0 radical (unpaired) electrons. The standard InChI is InChI=1S/C16H18N2O4/c1-4-22-16(21)15(20)17-8-12-7-11-6-5-9(2)10(3)13(11)18-14(12)19/h5-7H,4,8H2,1-3H3,(H,17,20)(H,18,19). The molecule has 0 spiro atoms. The Balaban J connectivity index is 2.24. The molecule has 0 aliphatic carbocycles. The van der Waals surface area contributed by atoms with Gasteiger partial charge in [-0.15, -0.1) is 0 Å². The minimum atomic E-state index is -0.953. The summed E-state index contributed by atoms with van der Waals surface area (Å²) >= 11 is 0. The van der Waals surface area contributed by atoms with E-state index in [4.69, 9.17) is 0 Å². The second-order valence-electron chi connectivity index (χ2n) is 5.00. The molecule has 22 heavy (non-hydrogen) atoms. The van der Waals surface area contributed by atoms with Gasteiger partial charge in [-0.05, 0) is 43.4 Å². The molecule has 2 rings (SSSR count). The summed E-state index contributed by atoms with van der Waals surface area (Å²) in [5.74, 6) is -1.81. The van der Waals surface area contributed by atoms with Crippen LogP contribution in [0.4, 0.5) is 0 Å². The maximum absolute atomic E-state index is 12.1. The number of pyridine rings is 1. The first-order chi connectivity index (χ1) is 10.4. The Morgan fingerprint density at radius 3 is 2.68 bits per heavy atom. The molecule has 2 N–H and O–H groups in total. The molecule has 2 aromatic rings. The molecule has 0 aliphatic rings. The molecule has 1 amide bonds. The monoisotopic (exact) mass is 302 g/mol. The third kappa shape index (κ3) is 3.16. The van der Waals surface area contributed by atoms with Gasteiger partial charge in [0.05, 0.1) is 12.1 Å². The summed E-state index contributed by atoms with van der Waals surface area (Å²) in [4.78, 5) is 37.6. The molecule has 6 nitrogen and oxygen atoms in total. The van der Waals surface area contributed by atoms with Gasteiger partial charge in [0.25, 0.3) is 5.56 Å². The van der Waals surface area contributed by atoms with E-state index < -0.39 is 11.9 Å². The normalized spacial score (nSPS) is 10.5. The summed E-state index contributed by atoms with van der Waals surface area (Å²) in [6.07, 6.45) is 0. The van der Waals surface area contributed by atoms with Crippen molar-refractivity contribution >= 4 is 22.8 Å². The molecule has 1 heterocycles. The highest BCUT2D eigenvalue weighted by Gasteiger charge is 2.15. The quantitative estimate of drug-likeness (QED) is 0.661. The van der Waals surface area contributed by atoms with Gasteiger partial charge in [-0.3, -0.25) is 9.59 Å². The number of nitrogens with one attached hydrogen (secondary N) is 2. The topological polar surface area (TPSA) is 88.3 Å². The van der Waals surface area contributed by atoms with Gasteiger partial charge in [-0.1, -0.05) is 12.1 Å². The Morgan fingerprint density at radius 2 is 2.00 bits per heavy atom. The van der Waals surface area contributed by atoms with Crippen LogP contribution >= 0.6 is 0 Å². The molecule has 0 aliphatic heterocycles. The first kappa shape index (κ1) is 15.8. The number of carbonyl (C=O) groups excluding carboxylic acids is 2. The minimum absolute atomic E-state index is 0.0319. The maximum atomic E-state index is 12.1. The molecule has 0 unspecified atom stereocenters. The Labute approximate surface area is 127 Å². The first-order valence-electron chi connectivity index (χ1n) is 7.01. The smallest absolute Gasteiger partial charge is 0.396 e. The number of hydrogen-bond donors (Lipinski definition) is 2. The number of esters is 1. The average Bonchev–Trinajstić information content (AvgIpc) is 2.49. The predicted octanol–water partition coefficient (Wildman–Crippen LogP) is 1.32. The molecular formula is C16H18N2O4. The molecule has 1 aromatic heterocycles. The molecule has 116 valence electrons. The number of H-pyrrole nitrogens is 1. The molecule has 0 saturated heterocycles. The fourth-order valence-corrected chi connectivity index (χ4v) is 2.15. The Kier molecular flexibility index (Phi) is 4.60. The molecule has 0 fully saturated rings. The molecule has 0 saturated carbocycles. The number of benzene rings is 1. The van der Waals surface area contributed by atoms with E-state index in [1.54, 1.807) is 13.0 Å². The van der Waals surface area contributed by atoms with E-state index in [9.17, 15) is 14.4 Å². The highest BCUT2D eigenvalue weighted by molar-refractivity contribution is 6.32. The molecule has 6 heteroatoms. The Bertz CT molecular complexity index is 793. The van der Waals surface area contributed by atoms with Crippen LogP contribution in [0.15, 0.2) is 23.0 Å². The van der Waals surface area contributed by atoms with Gasteiger partial charge in [-0.2, -0.15) is 0 Å². The van der Waals surface area contributed by atoms with Gasteiger partial charge < -0.3 is 15.0 Å². The number of ether oxygens (including phenoxy) is 1. The van der Waals surface area contributed by atoms with E-state index in [0.717, 1.165) is 22.0 Å². The minimum Gasteiger partial charge on any atom is -0.459 e. The van der Waals surface area contributed by atoms with Crippen LogP contribution in [0, 0.1) is 13.8 Å². The summed E-state index contributed by atoms with van der Waals surface area (Å²) in [6.45, 7) is 5.62. The van der Waals surface area contributed by atoms with Crippen LogP contribution in [-0.4, -0.2) is 23.5 Å². The fourth-order valence-electron chi connectivity index (χ4n) is 2.15. The summed E-state index contributed by atoms with van der Waals surface area (Å²) in [5, 5.41) is 3.26. The van der Waals surface area contributed by atoms with Crippen molar-refractivity contribution in [3.63, 3.8) is 0 Å². The lowest BCUT2D eigenvalue weighted by Gasteiger charge is -2.08. The van der Waals surface area contributed by atoms with Crippen LogP contribution in [-0.2, 0) is 20.9 Å². The fraction of sp³-hybridized carbons (Fsp3) is 0.312. The van der Waals surface area contributed by atoms with Crippen molar-refractivity contribution in [1.82, 2.24) is 10.3 Å². The predicted molar refractivity (Wildman–Crippen MR) is 82.5 cm³/mol. The molecule has 1 aromatic carbocycles. The lowest BCUT2D eigenvalue weighted by Crippen LogP contribution is -2.33. The van der Waals surface area contributed by atoms with Crippen molar-refractivity contribution in [2.24, 2.45) is 0 Å². The van der Waals surface area contributed by atoms with Crippen molar-refractivity contribution in [2.45, 2.75) is 27.3 Å². The number of hydrogen-bond acceptors (Lipinski definition) is 4. The third-order valence-corrected chi connectivity index (χ3v) is 3.53. The van der Waals surface area contributed by atoms with Crippen LogP contribution in [0.5, 0.6) is 0 Å². The summed E-state index contributed by atoms with van der Waals surface area (Å²) < 4.78 is 4.58. The zero-order chi connectivity index (χ0) is 16.3. The van der Waals surface area contributed by atoms with Gasteiger partial charge in [0, 0.05) is 12.1 Å². The molecule has 0 bridgehead atoms. The van der Waals surface area contributed by atoms with Crippen molar-refractivity contribution in [3.8, 4) is 0 Å². The van der Waals surface area contributed by atoms with E-state index in [1.807, 2.05) is 26.0 Å². The van der Waals surface area contributed by atoms with Crippen molar-refractivity contribution in [2.75, 3.05) is 6.61 Å².